The molecule has 0 aliphatic heterocycles. The zero-order valence-corrected chi connectivity index (χ0v) is 15.5. The van der Waals surface area contributed by atoms with E-state index in [2.05, 4.69) is 6.92 Å². The van der Waals surface area contributed by atoms with Crippen LogP contribution in [0.5, 0.6) is 0 Å². The number of aliphatic hydroxyl groups is 2. The first-order chi connectivity index (χ1) is 12.3. The summed E-state index contributed by atoms with van der Waals surface area (Å²) in [5.74, 6) is 0.408. The van der Waals surface area contributed by atoms with Crippen LogP contribution in [-0.4, -0.2) is 34.3 Å². The molecule has 0 radical (unpaired) electrons. The van der Waals surface area contributed by atoms with Crippen LogP contribution < -0.4 is 0 Å². The van der Waals surface area contributed by atoms with Crippen molar-refractivity contribution in [2.24, 2.45) is 22.7 Å². The third-order valence-corrected chi connectivity index (χ3v) is 7.87. The average Bonchev–Trinajstić information content (AvgIpc) is 3.19. The van der Waals surface area contributed by atoms with E-state index in [-0.39, 0.29) is 41.6 Å². The Balaban J connectivity index is 1.68. The highest BCUT2D eigenvalue weighted by Crippen LogP contribution is 2.69. The van der Waals surface area contributed by atoms with Gasteiger partial charge in [0.1, 0.15) is 0 Å². The lowest BCUT2D eigenvalue weighted by Crippen LogP contribution is -2.56. The van der Waals surface area contributed by atoms with Gasteiger partial charge in [0, 0.05) is 0 Å². The van der Waals surface area contributed by atoms with Crippen LogP contribution in [0.2, 0.25) is 0 Å². The Morgan fingerprint density at radius 2 is 1.52 bits per heavy atom. The predicted molar refractivity (Wildman–Crippen MR) is 86.8 cm³/mol. The molecular weight excluding hydrogens is 374 g/mol. The largest absolute Gasteiger partial charge is 0.426 e. The molecule has 0 spiro atoms. The van der Waals surface area contributed by atoms with Gasteiger partial charge in [0.15, 0.2) is 0 Å². The summed E-state index contributed by atoms with van der Waals surface area (Å²) >= 11 is 0. The minimum Gasteiger partial charge on any atom is -0.393 e. The number of halogens is 6. The van der Waals surface area contributed by atoms with Gasteiger partial charge >= 0.3 is 12.4 Å². The number of alkyl halides is 6. The molecule has 0 amide bonds. The molecule has 0 heterocycles. The van der Waals surface area contributed by atoms with Crippen LogP contribution in [0.1, 0.15) is 71.1 Å². The van der Waals surface area contributed by atoms with Crippen LogP contribution in [0.15, 0.2) is 0 Å². The smallest absolute Gasteiger partial charge is 0.393 e. The predicted octanol–water partition coefficient (Wildman–Crippen LogP) is 5.37. The molecule has 3 aliphatic carbocycles. The van der Waals surface area contributed by atoms with Crippen molar-refractivity contribution >= 4 is 0 Å². The van der Waals surface area contributed by atoms with E-state index in [1.165, 1.54) is 0 Å². The maximum Gasteiger partial charge on any atom is 0.426 e. The first-order valence-electron chi connectivity index (χ1n) is 9.81. The number of rotatable bonds is 5. The maximum absolute atomic E-state index is 12.9. The Hall–Kier alpha value is -0.500. The summed E-state index contributed by atoms with van der Waals surface area (Å²) in [6.45, 7) is 2.14. The molecule has 0 bridgehead atoms. The van der Waals surface area contributed by atoms with Gasteiger partial charge in [0.2, 0.25) is 0 Å². The van der Waals surface area contributed by atoms with Gasteiger partial charge < -0.3 is 10.2 Å². The molecule has 3 fully saturated rings. The van der Waals surface area contributed by atoms with Crippen molar-refractivity contribution in [3.8, 4) is 0 Å². The molecule has 0 aromatic rings. The van der Waals surface area contributed by atoms with Crippen LogP contribution in [0, 0.1) is 22.7 Å². The SMILES string of the molecule is C[C@]12CCC[C@H](O)C1CC[C@@H]2C1(CCCC(O)(C(F)(F)F)C(F)(F)F)CC1. The zero-order chi connectivity index (χ0) is 20.3. The van der Waals surface area contributed by atoms with Crippen molar-refractivity contribution in [1.82, 2.24) is 0 Å². The van der Waals surface area contributed by atoms with E-state index in [1.807, 2.05) is 0 Å². The lowest BCUT2D eigenvalue weighted by Gasteiger charge is -2.46. The minimum absolute atomic E-state index is 0.0848. The molecule has 27 heavy (non-hydrogen) atoms. The summed E-state index contributed by atoms with van der Waals surface area (Å²) in [5, 5.41) is 19.7. The lowest BCUT2D eigenvalue weighted by molar-refractivity contribution is -0.370. The normalized spacial score (nSPS) is 36.6. The second kappa shape index (κ2) is 6.51. The minimum atomic E-state index is -5.74. The number of hydrogen-bond acceptors (Lipinski definition) is 2. The second-order valence-electron chi connectivity index (χ2n) is 9.27. The molecule has 0 aromatic carbocycles. The highest BCUT2D eigenvalue weighted by molar-refractivity contribution is 5.11. The van der Waals surface area contributed by atoms with E-state index in [0.29, 0.717) is 0 Å². The van der Waals surface area contributed by atoms with Crippen LogP contribution in [-0.2, 0) is 0 Å². The summed E-state index contributed by atoms with van der Waals surface area (Å²) in [5.41, 5.74) is -4.95. The number of hydrogen-bond donors (Lipinski definition) is 2. The van der Waals surface area contributed by atoms with E-state index < -0.39 is 24.4 Å². The Kier molecular flexibility index (Phi) is 5.11. The monoisotopic (exact) mass is 402 g/mol. The molecule has 0 saturated heterocycles. The van der Waals surface area contributed by atoms with Crippen LogP contribution >= 0.6 is 0 Å². The lowest BCUT2D eigenvalue weighted by atomic mass is 9.60. The molecule has 3 aliphatic rings. The Bertz CT molecular complexity index is 539. The summed E-state index contributed by atoms with van der Waals surface area (Å²) < 4.78 is 77.2. The van der Waals surface area contributed by atoms with Gasteiger partial charge in [-0.2, -0.15) is 26.3 Å². The fourth-order valence-corrected chi connectivity index (χ4v) is 6.23. The van der Waals surface area contributed by atoms with Gasteiger partial charge in [-0.1, -0.05) is 13.3 Å². The molecule has 4 atom stereocenters. The molecule has 8 heteroatoms. The number of fused-ring (bicyclic) bond motifs is 1. The quantitative estimate of drug-likeness (QED) is 0.607. The Labute approximate surface area is 155 Å². The molecule has 2 nitrogen and oxygen atoms in total. The van der Waals surface area contributed by atoms with Crippen molar-refractivity contribution in [2.45, 2.75) is 95.2 Å². The summed E-state index contributed by atoms with van der Waals surface area (Å²) in [7, 11) is 0. The molecule has 3 rings (SSSR count). The molecule has 1 unspecified atom stereocenters. The van der Waals surface area contributed by atoms with Crippen molar-refractivity contribution < 1.29 is 36.6 Å². The third-order valence-electron chi connectivity index (χ3n) is 7.87. The van der Waals surface area contributed by atoms with Gasteiger partial charge in [-0.25, -0.2) is 0 Å². The fraction of sp³-hybridized carbons (Fsp3) is 1.00. The molecule has 3 saturated carbocycles. The number of aliphatic hydroxyl groups excluding tert-OH is 1. The van der Waals surface area contributed by atoms with Crippen LogP contribution in [0.25, 0.3) is 0 Å². The van der Waals surface area contributed by atoms with Gasteiger partial charge in [-0.3, -0.25) is 0 Å². The first kappa shape index (κ1) is 21.2. The highest BCUT2D eigenvalue weighted by Gasteiger charge is 2.70. The van der Waals surface area contributed by atoms with Crippen molar-refractivity contribution in [1.29, 1.82) is 0 Å². The van der Waals surface area contributed by atoms with E-state index >= 15 is 0 Å². The van der Waals surface area contributed by atoms with Crippen molar-refractivity contribution in [3.63, 3.8) is 0 Å². The van der Waals surface area contributed by atoms with Crippen molar-refractivity contribution in [3.05, 3.63) is 0 Å². The average molecular weight is 402 g/mol. The third kappa shape index (κ3) is 3.38. The van der Waals surface area contributed by atoms with Gasteiger partial charge in [0.05, 0.1) is 6.10 Å². The molecular formula is C19H28F6O2. The molecule has 158 valence electrons. The van der Waals surface area contributed by atoms with Crippen molar-refractivity contribution in [2.75, 3.05) is 0 Å². The maximum atomic E-state index is 12.9. The topological polar surface area (TPSA) is 40.5 Å². The van der Waals surface area contributed by atoms with E-state index in [0.717, 1.165) is 44.9 Å². The van der Waals surface area contributed by atoms with Gasteiger partial charge in [0.25, 0.3) is 5.60 Å². The summed E-state index contributed by atoms with van der Waals surface area (Å²) in [6, 6.07) is 0. The summed E-state index contributed by atoms with van der Waals surface area (Å²) in [6.07, 6.45) is -7.22. The van der Waals surface area contributed by atoms with Crippen LogP contribution in [0.4, 0.5) is 26.3 Å². The van der Waals surface area contributed by atoms with E-state index in [1.54, 1.807) is 0 Å². The van der Waals surface area contributed by atoms with E-state index in [9.17, 15) is 36.6 Å². The van der Waals surface area contributed by atoms with Gasteiger partial charge in [-0.05, 0) is 80.5 Å². The Morgan fingerprint density at radius 3 is 2.04 bits per heavy atom. The van der Waals surface area contributed by atoms with Crippen LogP contribution in [0.3, 0.4) is 0 Å². The fourth-order valence-electron chi connectivity index (χ4n) is 6.23. The standard InChI is InChI=1S/C19H28F6O2/c1-15-7-2-4-13(26)12(15)5-6-14(15)16(10-11-16)8-3-9-17(27,18(20,21)22)19(23,24)25/h12-14,26-27H,2-11H2,1H3/t12?,13-,14-,15-/m0/s1. The first-order valence-corrected chi connectivity index (χ1v) is 9.81. The second-order valence-corrected chi connectivity index (χ2v) is 9.27. The zero-order valence-electron chi connectivity index (χ0n) is 15.5. The highest BCUT2D eigenvalue weighted by atomic mass is 19.4. The van der Waals surface area contributed by atoms with Gasteiger partial charge in [-0.15, -0.1) is 0 Å². The Morgan fingerprint density at radius 1 is 0.926 bits per heavy atom. The molecule has 2 N–H and O–H groups in total. The summed E-state index contributed by atoms with van der Waals surface area (Å²) in [4.78, 5) is 0. The molecule has 0 aromatic heterocycles. The van der Waals surface area contributed by atoms with E-state index in [4.69, 9.17) is 0 Å².